The molecule has 0 atom stereocenters. The molecule has 1 amide bonds. The molecule has 0 bridgehead atoms. The van der Waals surface area contributed by atoms with Crippen molar-refractivity contribution in [2.45, 2.75) is 36.5 Å². The Morgan fingerprint density at radius 3 is 2.48 bits per heavy atom. The Morgan fingerprint density at radius 1 is 1.03 bits per heavy atom. The molecule has 150 valence electrons. The van der Waals surface area contributed by atoms with E-state index in [0.717, 1.165) is 47.3 Å². The van der Waals surface area contributed by atoms with Crippen LogP contribution in [-0.4, -0.2) is 33.4 Å². The van der Waals surface area contributed by atoms with Gasteiger partial charge in [0.2, 0.25) is 5.91 Å². The smallest absolute Gasteiger partial charge is 0.269 e. The molecular formula is C22H23N3O3S. The van der Waals surface area contributed by atoms with Crippen molar-refractivity contribution >= 4 is 34.3 Å². The molecule has 4 rings (SSSR count). The van der Waals surface area contributed by atoms with Crippen molar-refractivity contribution in [3.05, 3.63) is 70.4 Å². The van der Waals surface area contributed by atoms with E-state index in [1.165, 1.54) is 18.6 Å². The second-order valence-electron chi connectivity index (χ2n) is 7.29. The molecule has 0 aliphatic carbocycles. The van der Waals surface area contributed by atoms with Gasteiger partial charge in [-0.05, 0) is 30.9 Å². The van der Waals surface area contributed by atoms with E-state index in [2.05, 4.69) is 18.3 Å². The average Bonchev–Trinajstić information content (AvgIpc) is 3.10. The van der Waals surface area contributed by atoms with Gasteiger partial charge in [-0.1, -0.05) is 30.3 Å². The summed E-state index contributed by atoms with van der Waals surface area (Å²) in [5, 5.41) is 11.9. The standard InChI is InChI=1S/C22H23N3O3S/c26-22(23-12-4-1-5-13-23)15-24-14-21(19-6-2-3-7-20(19)24)29-16-17-8-10-18(11-9-17)25(27)28/h2-3,6-11,14H,1,4-5,12-13,15-16H2. The number of amides is 1. The van der Waals surface area contributed by atoms with Crippen LogP contribution in [0.2, 0.25) is 0 Å². The zero-order valence-corrected chi connectivity index (χ0v) is 16.9. The third-order valence-electron chi connectivity index (χ3n) is 5.31. The van der Waals surface area contributed by atoms with Crippen LogP contribution in [0.25, 0.3) is 10.9 Å². The zero-order valence-electron chi connectivity index (χ0n) is 16.1. The lowest BCUT2D eigenvalue weighted by Gasteiger charge is -2.27. The van der Waals surface area contributed by atoms with E-state index in [9.17, 15) is 14.9 Å². The number of rotatable bonds is 6. The van der Waals surface area contributed by atoms with Crippen LogP contribution in [0.4, 0.5) is 5.69 Å². The summed E-state index contributed by atoms with van der Waals surface area (Å²) in [5.74, 6) is 0.892. The van der Waals surface area contributed by atoms with Crippen molar-refractivity contribution in [1.82, 2.24) is 9.47 Å². The first-order chi connectivity index (χ1) is 14.1. The van der Waals surface area contributed by atoms with E-state index < -0.39 is 0 Å². The minimum atomic E-state index is -0.385. The maximum absolute atomic E-state index is 12.7. The number of hydrogen-bond donors (Lipinski definition) is 0. The maximum Gasteiger partial charge on any atom is 0.269 e. The predicted molar refractivity (Wildman–Crippen MR) is 115 cm³/mol. The van der Waals surface area contributed by atoms with E-state index in [1.54, 1.807) is 23.9 Å². The number of fused-ring (bicyclic) bond motifs is 1. The molecule has 1 aliphatic rings. The number of nitrogens with zero attached hydrogens (tertiary/aromatic N) is 3. The number of thioether (sulfide) groups is 1. The van der Waals surface area contributed by atoms with E-state index in [0.29, 0.717) is 12.3 Å². The summed E-state index contributed by atoms with van der Waals surface area (Å²) in [5.41, 5.74) is 2.19. The minimum Gasteiger partial charge on any atom is -0.341 e. The first-order valence-electron chi connectivity index (χ1n) is 9.83. The maximum atomic E-state index is 12.7. The molecule has 1 aliphatic heterocycles. The van der Waals surface area contributed by atoms with Crippen LogP contribution in [0, 0.1) is 10.1 Å². The molecule has 2 aromatic carbocycles. The second kappa shape index (κ2) is 8.69. The number of carbonyl (C=O) groups excluding carboxylic acids is 1. The van der Waals surface area contributed by atoms with Gasteiger partial charge < -0.3 is 9.47 Å². The molecule has 1 aromatic heterocycles. The summed E-state index contributed by atoms with van der Waals surface area (Å²) in [6, 6.07) is 14.8. The Kier molecular flexibility index (Phi) is 5.85. The summed E-state index contributed by atoms with van der Waals surface area (Å²) in [4.78, 5) is 26.2. The minimum absolute atomic E-state index is 0.103. The van der Waals surface area contributed by atoms with E-state index >= 15 is 0 Å². The molecule has 0 saturated carbocycles. The monoisotopic (exact) mass is 409 g/mol. The SMILES string of the molecule is O=C(Cn1cc(SCc2ccc([N+](=O)[O-])cc2)c2ccccc21)N1CCCCC1. The number of aromatic nitrogens is 1. The fourth-order valence-corrected chi connectivity index (χ4v) is 4.77. The number of nitro benzene ring substituents is 1. The zero-order chi connectivity index (χ0) is 20.2. The number of benzene rings is 2. The van der Waals surface area contributed by atoms with Gasteiger partial charge in [0.05, 0.1) is 4.92 Å². The Morgan fingerprint density at radius 2 is 1.76 bits per heavy atom. The van der Waals surface area contributed by atoms with Crippen molar-refractivity contribution in [2.24, 2.45) is 0 Å². The van der Waals surface area contributed by atoms with Crippen LogP contribution in [0.1, 0.15) is 24.8 Å². The Labute approximate surface area is 173 Å². The lowest BCUT2D eigenvalue weighted by atomic mass is 10.1. The van der Waals surface area contributed by atoms with Gasteiger partial charge in [-0.3, -0.25) is 14.9 Å². The molecule has 29 heavy (non-hydrogen) atoms. The molecular weight excluding hydrogens is 386 g/mol. The molecule has 0 spiro atoms. The highest BCUT2D eigenvalue weighted by molar-refractivity contribution is 7.98. The number of para-hydroxylation sites is 1. The summed E-state index contributed by atoms with van der Waals surface area (Å²) < 4.78 is 2.05. The number of carbonyl (C=O) groups is 1. The number of piperidine rings is 1. The highest BCUT2D eigenvalue weighted by Gasteiger charge is 2.18. The molecule has 1 fully saturated rings. The molecule has 2 heterocycles. The van der Waals surface area contributed by atoms with Crippen LogP contribution >= 0.6 is 11.8 Å². The van der Waals surface area contributed by atoms with Crippen LogP contribution in [0.5, 0.6) is 0 Å². The van der Waals surface area contributed by atoms with Gasteiger partial charge in [0.25, 0.3) is 5.69 Å². The number of non-ortho nitro benzene ring substituents is 1. The van der Waals surface area contributed by atoms with Crippen LogP contribution in [0.15, 0.2) is 59.6 Å². The van der Waals surface area contributed by atoms with Crippen LogP contribution < -0.4 is 0 Å². The molecule has 6 nitrogen and oxygen atoms in total. The van der Waals surface area contributed by atoms with Crippen molar-refractivity contribution in [3.8, 4) is 0 Å². The lowest BCUT2D eigenvalue weighted by Crippen LogP contribution is -2.37. The topological polar surface area (TPSA) is 68.4 Å². The van der Waals surface area contributed by atoms with E-state index in [4.69, 9.17) is 0 Å². The Bertz CT molecular complexity index is 1020. The first kappa shape index (κ1) is 19.5. The van der Waals surface area contributed by atoms with Crippen molar-refractivity contribution in [2.75, 3.05) is 13.1 Å². The molecule has 7 heteroatoms. The number of nitro groups is 1. The summed E-state index contributed by atoms with van der Waals surface area (Å²) in [7, 11) is 0. The third-order valence-corrected chi connectivity index (χ3v) is 6.42. The Hall–Kier alpha value is -2.80. The second-order valence-corrected chi connectivity index (χ2v) is 8.31. The number of hydrogen-bond acceptors (Lipinski definition) is 4. The molecule has 0 unspecified atom stereocenters. The Balaban J connectivity index is 1.51. The lowest BCUT2D eigenvalue weighted by molar-refractivity contribution is -0.384. The number of likely N-dealkylation sites (tertiary alicyclic amines) is 1. The van der Waals surface area contributed by atoms with Gasteiger partial charge in [0.1, 0.15) is 6.54 Å². The van der Waals surface area contributed by atoms with Gasteiger partial charge in [-0.25, -0.2) is 0 Å². The average molecular weight is 410 g/mol. The van der Waals surface area contributed by atoms with Gasteiger partial charge in [0, 0.05) is 53.0 Å². The normalized spacial score (nSPS) is 14.3. The molecule has 0 radical (unpaired) electrons. The van der Waals surface area contributed by atoms with Crippen LogP contribution in [0.3, 0.4) is 0 Å². The van der Waals surface area contributed by atoms with E-state index in [-0.39, 0.29) is 16.5 Å². The van der Waals surface area contributed by atoms with Gasteiger partial charge in [-0.2, -0.15) is 0 Å². The van der Waals surface area contributed by atoms with E-state index in [1.807, 2.05) is 21.6 Å². The predicted octanol–water partition coefficient (Wildman–Crippen LogP) is 4.85. The summed E-state index contributed by atoms with van der Waals surface area (Å²) in [6.45, 7) is 2.08. The van der Waals surface area contributed by atoms with Crippen LogP contribution in [-0.2, 0) is 17.1 Å². The molecule has 1 saturated heterocycles. The fourth-order valence-electron chi connectivity index (χ4n) is 3.72. The summed E-state index contributed by atoms with van der Waals surface area (Å²) in [6.07, 6.45) is 5.45. The van der Waals surface area contributed by atoms with Crippen molar-refractivity contribution in [3.63, 3.8) is 0 Å². The quantitative estimate of drug-likeness (QED) is 0.331. The molecule has 3 aromatic rings. The van der Waals surface area contributed by atoms with Gasteiger partial charge in [0.15, 0.2) is 0 Å². The third kappa shape index (κ3) is 4.45. The highest BCUT2D eigenvalue weighted by atomic mass is 32.2. The first-order valence-corrected chi connectivity index (χ1v) is 10.8. The van der Waals surface area contributed by atoms with Gasteiger partial charge in [-0.15, -0.1) is 11.8 Å². The largest absolute Gasteiger partial charge is 0.341 e. The fraction of sp³-hybridized carbons (Fsp3) is 0.318. The van der Waals surface area contributed by atoms with Gasteiger partial charge >= 0.3 is 0 Å². The highest BCUT2D eigenvalue weighted by Crippen LogP contribution is 2.32. The van der Waals surface area contributed by atoms with Crippen molar-refractivity contribution < 1.29 is 9.72 Å². The summed E-state index contributed by atoms with van der Waals surface area (Å²) >= 11 is 1.69. The van der Waals surface area contributed by atoms with Crippen molar-refractivity contribution in [1.29, 1.82) is 0 Å². The molecule has 0 N–H and O–H groups in total.